The van der Waals surface area contributed by atoms with Crippen molar-refractivity contribution in [2.45, 2.75) is 45.4 Å². The van der Waals surface area contributed by atoms with Crippen molar-refractivity contribution < 1.29 is 17.3 Å². The molecule has 0 spiro atoms. The van der Waals surface area contributed by atoms with E-state index >= 15 is 0 Å². The zero-order valence-electron chi connectivity index (χ0n) is 8.92. The predicted molar refractivity (Wildman–Crippen MR) is 67.6 cm³/mol. The van der Waals surface area contributed by atoms with Crippen molar-refractivity contribution in [3.8, 4) is 0 Å². The third-order valence-electron chi connectivity index (χ3n) is 1.84. The molecular formula is C8H19FINO3S. The van der Waals surface area contributed by atoms with Crippen LogP contribution in [0.25, 0.3) is 0 Å². The standard InChI is InChI=1S/C8H17FO3S.H2IN/c1-2-3-4-5-6-7-8-13(10,11)12-9;1-2/h2-8H2,1H3;2H2. The van der Waals surface area contributed by atoms with Gasteiger partial charge in [-0.15, -0.1) is 0 Å². The van der Waals surface area contributed by atoms with Gasteiger partial charge in [-0.2, -0.15) is 8.42 Å². The maximum absolute atomic E-state index is 11.3. The van der Waals surface area contributed by atoms with Gasteiger partial charge in [-0.25, -0.2) is 0 Å². The number of nitrogens with two attached hydrogens (primary N) is 1. The summed E-state index contributed by atoms with van der Waals surface area (Å²) in [6.45, 7) is 2.11. The number of hydrogen-bond donors (Lipinski definition) is 1. The van der Waals surface area contributed by atoms with Gasteiger partial charge in [0.2, 0.25) is 0 Å². The quantitative estimate of drug-likeness (QED) is 0.413. The van der Waals surface area contributed by atoms with Crippen LogP contribution in [0.2, 0.25) is 0 Å². The number of rotatable bonds is 8. The maximum Gasteiger partial charge on any atom is 0.297 e. The van der Waals surface area contributed by atoms with Crippen molar-refractivity contribution in [1.29, 1.82) is 0 Å². The minimum absolute atomic E-state index is 0.213. The SMILES string of the molecule is CCCCCCCCS(=O)(=O)OF.NI. The van der Waals surface area contributed by atoms with Gasteiger partial charge in [0.25, 0.3) is 10.1 Å². The third-order valence-corrected chi connectivity index (χ3v) is 2.82. The van der Waals surface area contributed by atoms with Crippen molar-refractivity contribution in [3.05, 3.63) is 0 Å². The summed E-state index contributed by atoms with van der Waals surface area (Å²) in [6.07, 6.45) is 5.76. The molecular weight excluding hydrogens is 336 g/mol. The Morgan fingerprint density at radius 3 is 2.07 bits per heavy atom. The van der Waals surface area contributed by atoms with Crippen LogP contribution in [0.1, 0.15) is 45.4 Å². The lowest BCUT2D eigenvalue weighted by Crippen LogP contribution is -2.05. The summed E-state index contributed by atoms with van der Waals surface area (Å²) in [5, 5.41) is 0. The molecule has 0 unspecified atom stereocenters. The van der Waals surface area contributed by atoms with E-state index in [1.165, 1.54) is 6.42 Å². The Morgan fingerprint density at radius 1 is 1.13 bits per heavy atom. The fourth-order valence-electron chi connectivity index (χ4n) is 1.09. The number of halogens is 2. The lowest BCUT2D eigenvalue weighted by molar-refractivity contribution is 0.00288. The Bertz CT molecular complexity index is 212. The molecule has 0 saturated heterocycles. The largest absolute Gasteiger partial charge is 0.297 e. The second-order valence-corrected chi connectivity index (χ2v) is 4.74. The monoisotopic (exact) mass is 355 g/mol. The van der Waals surface area contributed by atoms with Crippen LogP contribution in [0.3, 0.4) is 0 Å². The van der Waals surface area contributed by atoms with Gasteiger partial charge in [0, 0.05) is 22.9 Å². The lowest BCUT2D eigenvalue weighted by atomic mass is 10.1. The predicted octanol–water partition coefficient (Wildman–Crippen LogP) is 2.87. The fraction of sp³-hybridized carbons (Fsp3) is 1.00. The molecule has 0 aromatic rings. The van der Waals surface area contributed by atoms with E-state index in [9.17, 15) is 12.9 Å². The highest BCUT2D eigenvalue weighted by atomic mass is 127. The maximum atomic E-state index is 11.3. The summed E-state index contributed by atoms with van der Waals surface area (Å²) >= 11 is 1.65. The molecule has 0 bridgehead atoms. The van der Waals surface area contributed by atoms with Crippen molar-refractivity contribution in [1.82, 2.24) is 0 Å². The highest BCUT2D eigenvalue weighted by Gasteiger charge is 2.09. The molecule has 0 saturated carbocycles. The summed E-state index contributed by atoms with van der Waals surface area (Å²) in [7, 11) is -3.88. The molecule has 0 aliphatic carbocycles. The highest BCUT2D eigenvalue weighted by Crippen LogP contribution is 2.07. The minimum atomic E-state index is -3.88. The van der Waals surface area contributed by atoms with Crippen LogP contribution in [-0.2, 0) is 14.5 Å². The van der Waals surface area contributed by atoms with Gasteiger partial charge in [0.05, 0.1) is 5.75 Å². The Hall–Kier alpha value is 0.530. The first-order valence-electron chi connectivity index (χ1n) is 4.87. The van der Waals surface area contributed by atoms with Gasteiger partial charge in [-0.3, -0.25) is 3.95 Å². The van der Waals surface area contributed by atoms with Gasteiger partial charge in [0.1, 0.15) is 0 Å². The van der Waals surface area contributed by atoms with Crippen molar-refractivity contribution >= 4 is 33.0 Å². The molecule has 0 fully saturated rings. The van der Waals surface area contributed by atoms with Crippen molar-refractivity contribution in [3.63, 3.8) is 0 Å². The Kier molecular flexibility index (Phi) is 15.0. The first-order valence-corrected chi connectivity index (χ1v) is 7.69. The molecule has 0 aromatic heterocycles. The molecule has 0 aromatic carbocycles. The van der Waals surface area contributed by atoms with Crippen LogP contribution in [0.5, 0.6) is 0 Å². The van der Waals surface area contributed by atoms with Crippen molar-refractivity contribution in [2.75, 3.05) is 5.75 Å². The first-order chi connectivity index (χ1) is 7.12. The van der Waals surface area contributed by atoms with Crippen LogP contribution < -0.4 is 3.95 Å². The second kappa shape index (κ2) is 12.6. The van der Waals surface area contributed by atoms with Gasteiger partial charge >= 0.3 is 0 Å². The summed E-state index contributed by atoms with van der Waals surface area (Å²) in [5.74, 6) is -0.213. The van der Waals surface area contributed by atoms with E-state index in [1.807, 2.05) is 0 Å². The Balaban J connectivity index is 0. The van der Waals surface area contributed by atoms with Crippen LogP contribution in [0.15, 0.2) is 0 Å². The van der Waals surface area contributed by atoms with E-state index in [4.69, 9.17) is 0 Å². The van der Waals surface area contributed by atoms with E-state index < -0.39 is 10.1 Å². The second-order valence-electron chi connectivity index (χ2n) is 3.09. The summed E-state index contributed by atoms with van der Waals surface area (Å²) in [5.41, 5.74) is 0. The molecule has 0 aliphatic heterocycles. The molecule has 0 rings (SSSR count). The average Bonchev–Trinajstić information content (AvgIpc) is 2.26. The van der Waals surface area contributed by atoms with Crippen LogP contribution in [0, 0.1) is 0 Å². The lowest BCUT2D eigenvalue weighted by Gasteiger charge is -1.99. The van der Waals surface area contributed by atoms with Gasteiger partial charge in [0.15, 0.2) is 0 Å². The molecule has 0 atom stereocenters. The van der Waals surface area contributed by atoms with Crippen molar-refractivity contribution in [2.24, 2.45) is 3.95 Å². The normalized spacial score (nSPS) is 10.7. The Morgan fingerprint density at radius 2 is 1.60 bits per heavy atom. The van der Waals surface area contributed by atoms with Crippen LogP contribution in [0.4, 0.5) is 4.53 Å². The summed E-state index contributed by atoms with van der Waals surface area (Å²) < 4.78 is 39.6. The zero-order chi connectivity index (χ0) is 12.2. The van der Waals surface area contributed by atoms with E-state index in [-0.39, 0.29) is 5.75 Å². The van der Waals surface area contributed by atoms with Crippen LogP contribution in [-0.4, -0.2) is 14.2 Å². The molecule has 0 heterocycles. The fourth-order valence-corrected chi connectivity index (χ4v) is 1.71. The van der Waals surface area contributed by atoms with Gasteiger partial charge < -0.3 is 0 Å². The van der Waals surface area contributed by atoms with E-state index in [1.54, 1.807) is 22.9 Å². The first kappa shape index (κ1) is 17.9. The molecule has 0 amide bonds. The molecule has 7 heteroatoms. The minimum Gasteiger partial charge on any atom is -0.275 e. The number of unbranched alkanes of at least 4 members (excludes halogenated alkanes) is 5. The number of hydrogen-bond acceptors (Lipinski definition) is 4. The molecule has 0 aliphatic rings. The van der Waals surface area contributed by atoms with Crippen LogP contribution >= 0.6 is 22.9 Å². The van der Waals surface area contributed by atoms with E-state index in [2.05, 4.69) is 15.3 Å². The molecule has 2 N–H and O–H groups in total. The topological polar surface area (TPSA) is 69.4 Å². The third kappa shape index (κ3) is 14.5. The zero-order valence-corrected chi connectivity index (χ0v) is 11.9. The van der Waals surface area contributed by atoms with E-state index in [0.29, 0.717) is 6.42 Å². The average molecular weight is 355 g/mol. The summed E-state index contributed by atoms with van der Waals surface area (Å²) in [6, 6.07) is 0. The molecule has 0 radical (unpaired) electrons. The van der Waals surface area contributed by atoms with Gasteiger partial charge in [-0.1, -0.05) is 43.4 Å². The smallest absolute Gasteiger partial charge is 0.275 e. The molecule has 94 valence electrons. The summed E-state index contributed by atoms with van der Waals surface area (Å²) in [4.78, 5) is 0. The van der Waals surface area contributed by atoms with E-state index in [0.717, 1.165) is 25.7 Å². The highest BCUT2D eigenvalue weighted by molar-refractivity contribution is 14.1. The Labute approximate surface area is 105 Å². The van der Waals surface area contributed by atoms with Gasteiger partial charge in [-0.05, 0) is 10.9 Å². The molecule has 15 heavy (non-hydrogen) atoms. The molecule has 4 nitrogen and oxygen atoms in total.